The van der Waals surface area contributed by atoms with E-state index in [0.717, 1.165) is 22.5 Å². The van der Waals surface area contributed by atoms with Crippen molar-refractivity contribution < 1.29 is 4.39 Å². The lowest BCUT2D eigenvalue weighted by Crippen LogP contribution is -2.50. The van der Waals surface area contributed by atoms with Crippen LogP contribution in [-0.2, 0) is 0 Å². The van der Waals surface area contributed by atoms with Crippen LogP contribution in [-0.4, -0.2) is 34.9 Å². The predicted molar refractivity (Wildman–Crippen MR) is 106 cm³/mol. The molecule has 2 heterocycles. The highest BCUT2D eigenvalue weighted by molar-refractivity contribution is 5.79. The van der Waals surface area contributed by atoms with Crippen LogP contribution in [0.25, 0.3) is 15.9 Å². The van der Waals surface area contributed by atoms with E-state index in [1.807, 2.05) is 42.5 Å². The first kappa shape index (κ1) is 17.5. The van der Waals surface area contributed by atoms with Crippen molar-refractivity contribution in [2.45, 2.75) is 31.6 Å². The number of benzene rings is 2. The fraction of sp³-hybridized carbons (Fsp3) is 0.333. The van der Waals surface area contributed by atoms with Crippen molar-refractivity contribution in [1.29, 1.82) is 0 Å². The molecule has 1 fully saturated rings. The van der Waals surface area contributed by atoms with Crippen LogP contribution in [0.15, 0.2) is 48.5 Å². The molecule has 0 unspecified atom stereocenters. The summed E-state index contributed by atoms with van der Waals surface area (Å²) < 4.78 is 16.1. The number of halogens is 1. The molecule has 1 aliphatic heterocycles. The number of fused-ring (bicyclic) bond motifs is 1. The average molecular weight is 363 g/mol. The van der Waals surface area contributed by atoms with Gasteiger partial charge in [-0.15, -0.1) is 0 Å². The number of piperidine rings is 1. The fourth-order valence-electron chi connectivity index (χ4n) is 3.75. The van der Waals surface area contributed by atoms with E-state index in [0.29, 0.717) is 25.2 Å². The third-order valence-electron chi connectivity index (χ3n) is 5.32. The average Bonchev–Trinajstić information content (AvgIpc) is 3.09. The molecule has 1 aromatic heterocycles. The Labute approximate surface area is 158 Å². The van der Waals surface area contributed by atoms with Crippen molar-refractivity contribution in [3.05, 3.63) is 65.5 Å². The van der Waals surface area contributed by atoms with E-state index < -0.39 is 12.2 Å². The van der Waals surface area contributed by atoms with E-state index in [-0.39, 0.29) is 6.04 Å². The number of para-hydroxylation sites is 2. The standard InChI is InChI=1S/C21H22FN5/c1-14(15-7-9-16(24-2)10-8-15)27-20-6-4-3-5-19(20)25-21(27)26-12-11-17(22)18(23)13-26/h3-10,14,17-18H,11-13,23H2,1H3/t14-,17+,18+/m0/s1. The highest BCUT2D eigenvalue weighted by Crippen LogP contribution is 2.32. The summed E-state index contributed by atoms with van der Waals surface area (Å²) in [6.45, 7) is 10.3. The molecule has 0 spiro atoms. The summed E-state index contributed by atoms with van der Waals surface area (Å²) in [4.78, 5) is 10.4. The van der Waals surface area contributed by atoms with E-state index in [1.165, 1.54) is 0 Å². The van der Waals surface area contributed by atoms with Gasteiger partial charge in [0.2, 0.25) is 5.95 Å². The van der Waals surface area contributed by atoms with Gasteiger partial charge >= 0.3 is 0 Å². The quantitative estimate of drug-likeness (QED) is 0.714. The van der Waals surface area contributed by atoms with Gasteiger partial charge in [0, 0.05) is 13.1 Å². The lowest BCUT2D eigenvalue weighted by atomic mass is 10.0. The van der Waals surface area contributed by atoms with Gasteiger partial charge < -0.3 is 15.2 Å². The normalized spacial score (nSPS) is 21.2. The molecule has 0 bridgehead atoms. The van der Waals surface area contributed by atoms with Crippen molar-refractivity contribution in [2.75, 3.05) is 18.0 Å². The summed E-state index contributed by atoms with van der Waals surface area (Å²) in [5.74, 6) is 0.820. The number of nitrogens with zero attached hydrogens (tertiary/aromatic N) is 4. The Balaban J connectivity index is 1.79. The largest absolute Gasteiger partial charge is 0.340 e. The van der Waals surface area contributed by atoms with Gasteiger partial charge in [-0.05, 0) is 31.0 Å². The molecule has 2 N–H and O–H groups in total. The first-order valence-corrected chi connectivity index (χ1v) is 9.17. The molecule has 27 heavy (non-hydrogen) atoms. The van der Waals surface area contributed by atoms with E-state index in [4.69, 9.17) is 17.3 Å². The number of imidazole rings is 1. The zero-order valence-corrected chi connectivity index (χ0v) is 15.2. The third-order valence-corrected chi connectivity index (χ3v) is 5.32. The highest BCUT2D eigenvalue weighted by Gasteiger charge is 2.30. The Morgan fingerprint density at radius 3 is 2.67 bits per heavy atom. The maximum absolute atomic E-state index is 13.9. The van der Waals surface area contributed by atoms with Crippen molar-refractivity contribution >= 4 is 22.7 Å². The minimum Gasteiger partial charge on any atom is -0.340 e. The minimum atomic E-state index is -0.960. The number of aromatic nitrogens is 2. The molecular formula is C21H22FN5. The number of hydrogen-bond donors (Lipinski definition) is 1. The zero-order valence-electron chi connectivity index (χ0n) is 15.2. The Hall–Kier alpha value is -2.91. The SMILES string of the molecule is [C-]#[N+]c1ccc([C@H](C)n2c(N3CC[C@@H](F)[C@H](N)C3)nc3ccccc32)cc1. The summed E-state index contributed by atoms with van der Waals surface area (Å²) in [5.41, 5.74) is 9.65. The molecule has 3 aromatic rings. The van der Waals surface area contributed by atoms with Crippen LogP contribution < -0.4 is 10.6 Å². The van der Waals surface area contributed by atoms with Gasteiger partial charge in [0.15, 0.2) is 5.69 Å². The molecule has 4 rings (SSSR count). The molecule has 6 heteroatoms. The molecule has 0 saturated carbocycles. The second kappa shape index (κ2) is 7.01. The topological polar surface area (TPSA) is 51.4 Å². The highest BCUT2D eigenvalue weighted by atomic mass is 19.1. The van der Waals surface area contributed by atoms with Gasteiger partial charge in [-0.25, -0.2) is 14.2 Å². The molecule has 0 radical (unpaired) electrons. The van der Waals surface area contributed by atoms with Crippen LogP contribution in [0.4, 0.5) is 16.0 Å². The van der Waals surface area contributed by atoms with Crippen LogP contribution in [0.3, 0.4) is 0 Å². The summed E-state index contributed by atoms with van der Waals surface area (Å²) in [6, 6.07) is 15.2. The van der Waals surface area contributed by atoms with Crippen molar-refractivity contribution in [1.82, 2.24) is 9.55 Å². The maximum atomic E-state index is 13.9. The maximum Gasteiger partial charge on any atom is 0.207 e. The first-order valence-electron chi connectivity index (χ1n) is 9.17. The van der Waals surface area contributed by atoms with Crippen LogP contribution in [0.5, 0.6) is 0 Å². The van der Waals surface area contributed by atoms with Gasteiger partial charge in [-0.3, -0.25) is 0 Å². The molecular weight excluding hydrogens is 341 g/mol. The van der Waals surface area contributed by atoms with Gasteiger partial charge in [0.05, 0.1) is 29.7 Å². The van der Waals surface area contributed by atoms with Crippen LogP contribution >= 0.6 is 0 Å². The van der Waals surface area contributed by atoms with Crippen molar-refractivity contribution in [3.63, 3.8) is 0 Å². The zero-order chi connectivity index (χ0) is 19.0. The van der Waals surface area contributed by atoms with Crippen molar-refractivity contribution in [2.24, 2.45) is 5.73 Å². The van der Waals surface area contributed by atoms with E-state index in [1.54, 1.807) is 0 Å². The molecule has 2 aromatic carbocycles. The van der Waals surface area contributed by atoms with Gasteiger partial charge in [-0.1, -0.05) is 36.4 Å². The van der Waals surface area contributed by atoms with Crippen LogP contribution in [0.2, 0.25) is 0 Å². The lowest BCUT2D eigenvalue weighted by molar-refractivity contribution is 0.243. The van der Waals surface area contributed by atoms with E-state index in [9.17, 15) is 4.39 Å². The Bertz CT molecular complexity index is 988. The Kier molecular flexibility index (Phi) is 4.54. The molecule has 5 nitrogen and oxygen atoms in total. The molecule has 0 aliphatic carbocycles. The molecule has 1 aliphatic rings. The lowest BCUT2D eigenvalue weighted by Gasteiger charge is -2.35. The molecule has 138 valence electrons. The Morgan fingerprint density at radius 2 is 1.96 bits per heavy atom. The molecule has 1 saturated heterocycles. The fourth-order valence-corrected chi connectivity index (χ4v) is 3.75. The second-order valence-corrected chi connectivity index (χ2v) is 7.06. The molecule has 0 amide bonds. The van der Waals surface area contributed by atoms with Crippen molar-refractivity contribution in [3.8, 4) is 0 Å². The third kappa shape index (κ3) is 3.15. The smallest absolute Gasteiger partial charge is 0.207 e. The van der Waals surface area contributed by atoms with Gasteiger partial charge in [0.25, 0.3) is 0 Å². The molecule has 3 atom stereocenters. The van der Waals surface area contributed by atoms with E-state index in [2.05, 4.69) is 27.3 Å². The number of nitrogens with two attached hydrogens (primary N) is 1. The number of hydrogen-bond acceptors (Lipinski definition) is 3. The van der Waals surface area contributed by atoms with Crippen LogP contribution in [0, 0.1) is 6.57 Å². The summed E-state index contributed by atoms with van der Waals surface area (Å²) in [5, 5.41) is 0. The summed E-state index contributed by atoms with van der Waals surface area (Å²) in [6.07, 6.45) is -0.545. The summed E-state index contributed by atoms with van der Waals surface area (Å²) >= 11 is 0. The monoisotopic (exact) mass is 363 g/mol. The minimum absolute atomic E-state index is 0.0199. The number of rotatable bonds is 3. The first-order chi connectivity index (χ1) is 13.1. The Morgan fingerprint density at radius 1 is 1.22 bits per heavy atom. The predicted octanol–water partition coefficient (Wildman–Crippen LogP) is 4.07. The van der Waals surface area contributed by atoms with E-state index >= 15 is 0 Å². The van der Waals surface area contributed by atoms with Gasteiger partial charge in [-0.2, -0.15) is 0 Å². The number of anilines is 1. The number of alkyl halides is 1. The second-order valence-electron chi connectivity index (χ2n) is 7.06. The van der Waals surface area contributed by atoms with Gasteiger partial charge in [0.1, 0.15) is 6.17 Å². The van der Waals surface area contributed by atoms with Crippen LogP contribution in [0.1, 0.15) is 24.9 Å². The summed E-state index contributed by atoms with van der Waals surface area (Å²) in [7, 11) is 0.